The minimum absolute atomic E-state index is 0. The predicted octanol–water partition coefficient (Wildman–Crippen LogP) is 0.225. The Morgan fingerprint density at radius 1 is 0.957 bits per heavy atom. The Bertz CT molecular complexity index is 549. The molecule has 23 heavy (non-hydrogen) atoms. The normalized spacial score (nSPS) is 13.3. The molecule has 0 atom stereocenters. The summed E-state index contributed by atoms with van der Waals surface area (Å²) >= 11 is 0. The van der Waals surface area contributed by atoms with E-state index in [2.05, 4.69) is 45.9 Å². The van der Waals surface area contributed by atoms with Crippen molar-refractivity contribution in [2.24, 2.45) is 0 Å². The summed E-state index contributed by atoms with van der Waals surface area (Å²) in [6.45, 7) is 16.3. The van der Waals surface area contributed by atoms with Gasteiger partial charge in [0.15, 0.2) is 0 Å². The number of nitrogens with one attached hydrogen (secondary N) is 1. The summed E-state index contributed by atoms with van der Waals surface area (Å²) in [6, 6.07) is 8.39. The molecule has 1 aromatic carbocycles. The first kappa shape index (κ1) is 27.7. The van der Waals surface area contributed by atoms with Crippen LogP contribution in [-0.2, 0) is 21.7 Å². The van der Waals surface area contributed by atoms with E-state index in [0.717, 1.165) is 12.0 Å². The van der Waals surface area contributed by atoms with Crippen LogP contribution in [0.2, 0.25) is 0 Å². The first-order chi connectivity index (χ1) is 9.11. The van der Waals surface area contributed by atoms with E-state index >= 15 is 0 Å². The van der Waals surface area contributed by atoms with Gasteiger partial charge in [-0.3, -0.25) is 0 Å². The van der Waals surface area contributed by atoms with Crippen LogP contribution < -0.4 is 24.8 Å². The summed E-state index contributed by atoms with van der Waals surface area (Å²) in [4.78, 5) is 0. The Hall–Kier alpha value is -0.176. The molecule has 2 rings (SSSR count). The minimum Gasteiger partial charge on any atom is -1.00 e. The molecule has 128 valence electrons. The van der Waals surface area contributed by atoms with Gasteiger partial charge in [0, 0.05) is 0 Å². The number of hydrogen-bond donors (Lipinski definition) is 0. The molecule has 0 saturated carbocycles. The maximum Gasteiger partial charge on any atom is 2.00 e. The molecule has 1 aliphatic carbocycles. The molecule has 0 amide bonds. The van der Waals surface area contributed by atoms with Crippen molar-refractivity contribution in [3.8, 4) is 0 Å². The van der Waals surface area contributed by atoms with Crippen molar-refractivity contribution in [2.45, 2.75) is 53.5 Å². The van der Waals surface area contributed by atoms with Gasteiger partial charge in [0.05, 0.1) is 0 Å². The molecular formula is C19H27Cl2NTi-2. The Morgan fingerprint density at radius 3 is 1.74 bits per heavy atom. The molecule has 1 aliphatic rings. The van der Waals surface area contributed by atoms with Crippen LogP contribution in [0.5, 0.6) is 0 Å². The van der Waals surface area contributed by atoms with Gasteiger partial charge in [-0.2, -0.15) is 18.6 Å². The van der Waals surface area contributed by atoms with Gasteiger partial charge in [-0.25, -0.2) is 0 Å². The molecule has 0 aliphatic heterocycles. The summed E-state index contributed by atoms with van der Waals surface area (Å²) in [5, 5.41) is 0. The van der Waals surface area contributed by atoms with Crippen LogP contribution in [0.4, 0.5) is 0 Å². The first-order valence-corrected chi connectivity index (χ1v) is 7.14. The molecule has 0 aromatic heterocycles. The average Bonchev–Trinajstić information content (AvgIpc) is 2.56. The van der Waals surface area contributed by atoms with E-state index in [1.54, 1.807) is 0 Å². The second-order valence-corrected chi connectivity index (χ2v) is 6.59. The molecule has 1 N–H and O–H groups in total. The van der Waals surface area contributed by atoms with Gasteiger partial charge >= 0.3 is 21.7 Å². The number of allylic oxidation sites excluding steroid dienone is 4. The zero-order chi connectivity index (χ0) is 15.5. The van der Waals surface area contributed by atoms with Crippen molar-refractivity contribution in [3.05, 3.63) is 64.8 Å². The zero-order valence-electron chi connectivity index (χ0n) is 15.0. The van der Waals surface area contributed by atoms with Gasteiger partial charge in [0.25, 0.3) is 0 Å². The summed E-state index contributed by atoms with van der Waals surface area (Å²) < 4.78 is 0. The third kappa shape index (κ3) is 9.03. The minimum atomic E-state index is -0.250. The van der Waals surface area contributed by atoms with Crippen LogP contribution in [0.25, 0.3) is 11.3 Å². The zero-order valence-corrected chi connectivity index (χ0v) is 18.1. The van der Waals surface area contributed by atoms with Crippen LogP contribution in [0, 0.1) is 6.92 Å². The largest absolute Gasteiger partial charge is 2.00 e. The van der Waals surface area contributed by atoms with Crippen LogP contribution >= 0.6 is 0 Å². The molecule has 0 unspecified atom stereocenters. The molecule has 0 bridgehead atoms. The van der Waals surface area contributed by atoms with Crippen LogP contribution in [0.3, 0.4) is 0 Å². The molecule has 1 aromatic rings. The predicted molar refractivity (Wildman–Crippen MR) is 90.6 cm³/mol. The summed E-state index contributed by atoms with van der Waals surface area (Å²) in [5.41, 5.74) is 15.0. The van der Waals surface area contributed by atoms with Crippen molar-refractivity contribution in [2.75, 3.05) is 0 Å². The van der Waals surface area contributed by atoms with E-state index in [4.69, 9.17) is 5.73 Å². The van der Waals surface area contributed by atoms with Crippen LogP contribution in [0.15, 0.2) is 41.0 Å². The second kappa shape index (κ2) is 11.4. The topological polar surface area (TPSA) is 23.8 Å². The number of hydrogen-bond acceptors (Lipinski definition) is 0. The molecule has 0 saturated heterocycles. The monoisotopic (exact) mass is 387 g/mol. The smallest absolute Gasteiger partial charge is 1.00 e. The summed E-state index contributed by atoms with van der Waals surface area (Å²) in [6.07, 6.45) is 1.09. The van der Waals surface area contributed by atoms with E-state index < -0.39 is 0 Å². The van der Waals surface area contributed by atoms with E-state index in [1.165, 1.54) is 27.9 Å². The van der Waals surface area contributed by atoms with Gasteiger partial charge in [-0.15, -0.1) is 23.2 Å². The molecule has 0 heterocycles. The maximum atomic E-state index is 6.94. The van der Waals surface area contributed by atoms with E-state index in [0.29, 0.717) is 0 Å². The molecule has 1 nitrogen and oxygen atoms in total. The number of rotatable bonds is 1. The second-order valence-electron chi connectivity index (χ2n) is 6.59. The maximum absolute atomic E-state index is 6.94. The summed E-state index contributed by atoms with van der Waals surface area (Å²) in [5.74, 6) is 0. The average molecular weight is 388 g/mol. The molecular weight excluding hydrogens is 361 g/mol. The van der Waals surface area contributed by atoms with Gasteiger partial charge < -0.3 is 30.5 Å². The van der Waals surface area contributed by atoms with Crippen molar-refractivity contribution in [1.29, 1.82) is 0 Å². The van der Waals surface area contributed by atoms with Gasteiger partial charge in [-0.05, 0) is 32.8 Å². The van der Waals surface area contributed by atoms with Crippen LogP contribution in [0.1, 0.15) is 59.1 Å². The molecule has 0 radical (unpaired) electrons. The SMILES string of the molecule is CC(C)(C)[NH-].[CH2-]c1ccccc1C1=C(C)C(C)=C(C)C1.[Cl-].[Cl-].[Ti+2]. The Balaban J connectivity index is -0.000000444. The number of benzene rings is 1. The van der Waals surface area contributed by atoms with Crippen molar-refractivity contribution < 1.29 is 46.5 Å². The molecule has 0 fully saturated rings. The molecule has 4 heteroatoms. The van der Waals surface area contributed by atoms with Crippen molar-refractivity contribution in [1.82, 2.24) is 0 Å². The molecule has 0 spiro atoms. The van der Waals surface area contributed by atoms with E-state index in [9.17, 15) is 0 Å². The Kier molecular flexibility index (Phi) is 13.7. The quantitative estimate of drug-likeness (QED) is 0.486. The fraction of sp³-hybridized carbons (Fsp3) is 0.421. The third-order valence-electron chi connectivity index (χ3n) is 3.44. The fourth-order valence-electron chi connectivity index (χ4n) is 2.19. The van der Waals surface area contributed by atoms with E-state index in [-0.39, 0.29) is 52.1 Å². The third-order valence-corrected chi connectivity index (χ3v) is 3.44. The first-order valence-electron chi connectivity index (χ1n) is 7.14. The van der Waals surface area contributed by atoms with Gasteiger partial charge in [-0.1, -0.05) is 43.6 Å². The van der Waals surface area contributed by atoms with Crippen molar-refractivity contribution >= 4 is 5.57 Å². The van der Waals surface area contributed by atoms with Gasteiger partial charge in [0.2, 0.25) is 0 Å². The van der Waals surface area contributed by atoms with Gasteiger partial charge in [0.1, 0.15) is 0 Å². The standard InChI is InChI=1S/C15H17.C4H10N.2ClH.Ti/c1-10-7-5-6-8-14(10)15-9-11(2)12(3)13(15)4;1-4(2,3)5;;;/h5-8H,1,9H2,2-4H3;5H,1-3H3;2*1H;/q2*-1;;;+2/p-2. The Morgan fingerprint density at radius 2 is 1.39 bits per heavy atom. The summed E-state index contributed by atoms with van der Waals surface area (Å²) in [7, 11) is 0. The Labute approximate surface area is 169 Å². The van der Waals surface area contributed by atoms with Crippen LogP contribution in [-0.4, -0.2) is 5.54 Å². The fourth-order valence-corrected chi connectivity index (χ4v) is 2.19. The van der Waals surface area contributed by atoms with Crippen molar-refractivity contribution in [3.63, 3.8) is 0 Å². The number of halogens is 2. The van der Waals surface area contributed by atoms with E-state index in [1.807, 2.05) is 26.8 Å².